The minimum absolute atomic E-state index is 0.0321. The fraction of sp³-hybridized carbons (Fsp3) is 0.400. The van der Waals surface area contributed by atoms with Crippen LogP contribution < -0.4 is 15.8 Å². The molecule has 6 heterocycles. The van der Waals surface area contributed by atoms with Crippen molar-refractivity contribution in [2.75, 3.05) is 57.3 Å². The number of anilines is 1. The zero-order valence-corrected chi connectivity index (χ0v) is 38.4. The predicted octanol–water partition coefficient (Wildman–Crippen LogP) is 6.24. The van der Waals surface area contributed by atoms with Crippen LogP contribution in [0.3, 0.4) is 0 Å². The monoisotopic (exact) mass is 924 g/mol. The third-order valence-electron chi connectivity index (χ3n) is 13.1. The molecule has 3 saturated heterocycles. The Bertz CT molecular complexity index is 2650. The van der Waals surface area contributed by atoms with Crippen LogP contribution in [0.25, 0.3) is 22.3 Å². The molecule has 0 saturated carbocycles. The number of thioether (sulfide) groups is 1. The van der Waals surface area contributed by atoms with Crippen LogP contribution in [0.4, 0.5) is 5.82 Å². The number of piperidine rings is 2. The number of ether oxygens (including phenoxy) is 1. The number of imide groups is 1. The van der Waals surface area contributed by atoms with Gasteiger partial charge in [-0.15, -0.1) is 11.8 Å². The van der Waals surface area contributed by atoms with Crippen LogP contribution in [0.2, 0.25) is 0 Å². The van der Waals surface area contributed by atoms with Gasteiger partial charge in [-0.05, 0) is 92.0 Å². The fourth-order valence-corrected chi connectivity index (χ4v) is 10.6. The lowest BCUT2D eigenvalue weighted by Gasteiger charge is -2.34. The van der Waals surface area contributed by atoms with Crippen LogP contribution in [0.15, 0.2) is 96.2 Å². The minimum Gasteiger partial charge on any atom is -0.457 e. The number of rotatable bonds is 16. The van der Waals surface area contributed by atoms with Gasteiger partial charge in [0.1, 0.15) is 35.4 Å². The number of nitrogens with zero attached hydrogens (tertiary/aromatic N) is 8. The highest BCUT2D eigenvalue weighted by molar-refractivity contribution is 7.99. The van der Waals surface area contributed by atoms with E-state index < -0.39 is 11.9 Å². The molecule has 0 radical (unpaired) electrons. The van der Waals surface area contributed by atoms with Crippen molar-refractivity contribution in [3.05, 3.63) is 102 Å². The van der Waals surface area contributed by atoms with Gasteiger partial charge >= 0.3 is 0 Å². The van der Waals surface area contributed by atoms with Crippen LogP contribution in [-0.2, 0) is 25.7 Å². The Kier molecular flexibility index (Phi) is 14.2. The number of nitrogens with two attached hydrogens (primary N) is 1. The molecule has 4 aliphatic rings. The Labute approximate surface area is 393 Å². The summed E-state index contributed by atoms with van der Waals surface area (Å²) < 4.78 is 7.90. The van der Waals surface area contributed by atoms with Crippen molar-refractivity contribution in [1.82, 2.24) is 44.7 Å². The number of benzene rings is 3. The molecule has 16 nitrogen and oxygen atoms in total. The fourth-order valence-electron chi connectivity index (χ4n) is 9.46. The molecule has 348 valence electrons. The first kappa shape index (κ1) is 45.6. The van der Waals surface area contributed by atoms with Gasteiger partial charge < -0.3 is 25.2 Å². The Morgan fingerprint density at radius 2 is 1.64 bits per heavy atom. The summed E-state index contributed by atoms with van der Waals surface area (Å²) in [6.07, 6.45) is 11.7. The smallest absolute Gasteiger partial charge is 0.255 e. The molecular formula is C50H56N10O6S. The van der Waals surface area contributed by atoms with Crippen molar-refractivity contribution in [2.45, 2.75) is 81.3 Å². The van der Waals surface area contributed by atoms with Crippen molar-refractivity contribution in [2.24, 2.45) is 0 Å². The first-order chi connectivity index (χ1) is 32.7. The normalized spacial score (nSPS) is 19.0. The highest BCUT2D eigenvalue weighted by Crippen LogP contribution is 2.37. The molecule has 0 aliphatic carbocycles. The summed E-state index contributed by atoms with van der Waals surface area (Å²) in [6.45, 7) is 5.05. The SMILES string of the molecule is Nc1ncnc2c1c(-c1ccc(Oc3ccccc3)cc1)nn2C1CCCN(C(=O)/C=C/CN2CCN(C(=O)CCCCCCSc3cccc4c3CN(C3CCC(=O)NC3=O)C4=O)CC2)C1. The van der Waals surface area contributed by atoms with Crippen molar-refractivity contribution in [3.63, 3.8) is 0 Å². The molecule has 9 rings (SSSR count). The second-order valence-corrected chi connectivity index (χ2v) is 18.7. The minimum atomic E-state index is -0.619. The van der Waals surface area contributed by atoms with E-state index in [1.807, 2.05) is 93.4 Å². The topological polar surface area (TPSA) is 189 Å². The van der Waals surface area contributed by atoms with Crippen molar-refractivity contribution in [1.29, 1.82) is 0 Å². The number of carbonyl (C=O) groups excluding carboxylic acids is 5. The van der Waals surface area contributed by atoms with Gasteiger partial charge in [-0.2, -0.15) is 5.10 Å². The molecule has 3 fully saturated rings. The lowest BCUT2D eigenvalue weighted by molar-refractivity contribution is -0.137. The Balaban J connectivity index is 0.683. The zero-order valence-electron chi connectivity index (χ0n) is 37.6. The number of amides is 5. The maximum atomic E-state index is 13.5. The molecule has 3 aromatic carbocycles. The standard InChI is InChI=1S/C50H56N10O6S/c51-47-45-46(34-18-20-37(21-19-34)66-36-12-4-3-5-13-36)55-60(48(45)53-33-52-47)35-11-9-25-58(31-35)44(63)17-10-24-56-26-28-57(29-27-56)43(62)16-6-1-2-7-30-67-41-15-8-14-38-39(41)32-59(50(38)65)40-22-23-42(61)54-49(40)64/h3-5,8,10,12-15,17-21,33,35,40H,1-2,6-7,9,11,16,22-32H2,(H2,51,52,53)(H,54,61,64)/b17-10+. The predicted molar refractivity (Wildman–Crippen MR) is 255 cm³/mol. The highest BCUT2D eigenvalue weighted by atomic mass is 32.2. The van der Waals surface area contributed by atoms with Crippen LogP contribution >= 0.6 is 11.8 Å². The van der Waals surface area contributed by atoms with Crippen molar-refractivity contribution >= 4 is 58.1 Å². The third-order valence-corrected chi connectivity index (χ3v) is 14.3. The quantitative estimate of drug-likeness (QED) is 0.0492. The number of aromatic nitrogens is 4. The van der Waals surface area contributed by atoms with Gasteiger partial charge in [-0.25, -0.2) is 14.6 Å². The highest BCUT2D eigenvalue weighted by Gasteiger charge is 2.40. The number of nitrogen functional groups attached to an aromatic ring is 1. The largest absolute Gasteiger partial charge is 0.457 e. The van der Waals surface area contributed by atoms with E-state index in [0.29, 0.717) is 86.0 Å². The number of fused-ring (bicyclic) bond motifs is 2. The maximum absolute atomic E-state index is 13.5. The molecule has 2 unspecified atom stereocenters. The molecule has 0 spiro atoms. The molecular weight excluding hydrogens is 869 g/mol. The lowest BCUT2D eigenvalue weighted by atomic mass is 10.0. The second-order valence-electron chi connectivity index (χ2n) is 17.5. The molecule has 2 aromatic heterocycles. The van der Waals surface area contributed by atoms with E-state index in [2.05, 4.69) is 20.2 Å². The third kappa shape index (κ3) is 10.5. The van der Waals surface area contributed by atoms with Gasteiger partial charge in [0.2, 0.25) is 23.6 Å². The maximum Gasteiger partial charge on any atom is 0.255 e. The number of unbranched alkanes of at least 4 members (excludes halogenated alkanes) is 3. The van der Waals surface area contributed by atoms with Crippen molar-refractivity contribution < 1.29 is 28.7 Å². The first-order valence-electron chi connectivity index (χ1n) is 23.4. The van der Waals surface area contributed by atoms with Gasteiger partial charge in [-0.1, -0.05) is 43.2 Å². The number of piperazine rings is 1. The molecule has 2 atom stereocenters. The van der Waals surface area contributed by atoms with Crippen LogP contribution in [0, 0.1) is 0 Å². The Morgan fingerprint density at radius 3 is 2.45 bits per heavy atom. The van der Waals surface area contributed by atoms with Gasteiger partial charge in [0.25, 0.3) is 5.91 Å². The van der Waals surface area contributed by atoms with Gasteiger partial charge in [0, 0.05) is 87.3 Å². The summed E-state index contributed by atoms with van der Waals surface area (Å²) in [4.78, 5) is 81.4. The van der Waals surface area contributed by atoms with Crippen LogP contribution in [0.1, 0.15) is 79.8 Å². The molecule has 4 aliphatic heterocycles. The van der Waals surface area contributed by atoms with E-state index in [1.165, 1.54) is 6.33 Å². The van der Waals surface area contributed by atoms with Gasteiger partial charge in [0.15, 0.2) is 5.65 Å². The van der Waals surface area contributed by atoms with E-state index in [9.17, 15) is 24.0 Å². The lowest BCUT2D eigenvalue weighted by Crippen LogP contribution is -2.52. The average Bonchev–Trinajstić information content (AvgIpc) is 3.91. The van der Waals surface area contributed by atoms with E-state index >= 15 is 0 Å². The first-order valence-corrected chi connectivity index (χ1v) is 24.4. The number of nitrogens with one attached hydrogen (secondary N) is 1. The average molecular weight is 925 g/mol. The summed E-state index contributed by atoms with van der Waals surface area (Å²) in [5.41, 5.74) is 10.2. The molecule has 0 bridgehead atoms. The number of hydrogen-bond acceptors (Lipinski definition) is 12. The summed E-state index contributed by atoms with van der Waals surface area (Å²) >= 11 is 1.73. The van der Waals surface area contributed by atoms with Crippen LogP contribution in [-0.4, -0.2) is 126 Å². The number of likely N-dealkylation sites (tertiary alicyclic amines) is 1. The number of para-hydroxylation sites is 1. The molecule has 67 heavy (non-hydrogen) atoms. The van der Waals surface area contributed by atoms with Crippen molar-refractivity contribution in [3.8, 4) is 22.8 Å². The number of hydrogen-bond donors (Lipinski definition) is 2. The van der Waals surface area contributed by atoms with Gasteiger partial charge in [0.05, 0.1) is 11.4 Å². The van der Waals surface area contributed by atoms with Gasteiger partial charge in [-0.3, -0.25) is 34.2 Å². The van der Waals surface area contributed by atoms with E-state index in [-0.39, 0.29) is 36.1 Å². The summed E-state index contributed by atoms with van der Waals surface area (Å²) in [7, 11) is 0. The Morgan fingerprint density at radius 1 is 0.851 bits per heavy atom. The molecule has 5 amide bonds. The summed E-state index contributed by atoms with van der Waals surface area (Å²) in [6, 6.07) is 22.4. The molecule has 3 N–H and O–H groups in total. The number of carbonyl (C=O) groups is 5. The zero-order chi connectivity index (χ0) is 46.3. The second kappa shape index (κ2) is 20.9. The molecule has 17 heteroatoms. The Hall–Kier alpha value is -6.59. The van der Waals surface area contributed by atoms with E-state index in [4.69, 9.17) is 15.6 Å². The summed E-state index contributed by atoms with van der Waals surface area (Å²) in [5.74, 6) is 2.03. The van der Waals surface area contributed by atoms with Crippen LogP contribution in [0.5, 0.6) is 11.5 Å². The summed E-state index contributed by atoms with van der Waals surface area (Å²) in [5, 5.41) is 8.09. The molecule has 5 aromatic rings. The van der Waals surface area contributed by atoms with E-state index in [0.717, 1.165) is 79.1 Å². The van der Waals surface area contributed by atoms with E-state index in [1.54, 1.807) is 22.7 Å².